The van der Waals surface area contributed by atoms with Crippen LogP contribution in [0.4, 0.5) is 5.69 Å². The van der Waals surface area contributed by atoms with E-state index in [1.54, 1.807) is 18.4 Å². The molecule has 1 amide bonds. The molecular weight excluding hydrogens is 330 g/mol. The Bertz CT molecular complexity index is 783. The minimum Gasteiger partial charge on any atom is -0.497 e. The van der Waals surface area contributed by atoms with Crippen molar-refractivity contribution in [2.45, 2.75) is 19.4 Å². The van der Waals surface area contributed by atoms with E-state index in [9.17, 15) is 4.79 Å². The summed E-state index contributed by atoms with van der Waals surface area (Å²) in [6.07, 6.45) is 1.26. The van der Waals surface area contributed by atoms with Crippen molar-refractivity contribution in [1.29, 1.82) is 0 Å². The number of ether oxygens (including phenoxy) is 1. The van der Waals surface area contributed by atoms with Gasteiger partial charge in [-0.05, 0) is 58.6 Å². The van der Waals surface area contributed by atoms with Crippen LogP contribution in [-0.2, 0) is 17.8 Å². The van der Waals surface area contributed by atoms with Crippen LogP contribution in [0.3, 0.4) is 0 Å². The van der Waals surface area contributed by atoms with Crippen LogP contribution in [0, 0.1) is 0 Å². The zero-order valence-corrected chi connectivity index (χ0v) is 15.0. The number of benzene rings is 2. The van der Waals surface area contributed by atoms with Gasteiger partial charge in [0, 0.05) is 12.1 Å². The second-order valence-corrected chi connectivity index (χ2v) is 6.58. The summed E-state index contributed by atoms with van der Waals surface area (Å²) in [5.41, 5.74) is 3.22. The van der Waals surface area contributed by atoms with E-state index >= 15 is 0 Å². The number of anilines is 1. The van der Waals surface area contributed by atoms with Gasteiger partial charge in [-0.15, -0.1) is 0 Å². The number of nitrogens with zero attached hydrogens (tertiary/aromatic N) is 1. The highest BCUT2D eigenvalue weighted by molar-refractivity contribution is 7.07. The standard InChI is InChI=1S/C21H21NO2S/c1-24-20-10-8-19(9-11-20)22(15-17-5-3-2-4-6-17)21(23)12-7-18-13-14-25-16-18/h2-6,8-11,13-14,16H,7,12,15H2,1H3. The maximum atomic E-state index is 12.9. The zero-order chi connectivity index (χ0) is 17.5. The largest absolute Gasteiger partial charge is 0.497 e. The first-order chi connectivity index (χ1) is 12.3. The average molecular weight is 351 g/mol. The number of carbonyl (C=O) groups is 1. The Hall–Kier alpha value is -2.59. The summed E-state index contributed by atoms with van der Waals surface area (Å²) in [4.78, 5) is 14.7. The molecule has 0 aliphatic heterocycles. The first kappa shape index (κ1) is 17.2. The Labute approximate surface area is 152 Å². The quantitative estimate of drug-likeness (QED) is 0.604. The second kappa shape index (κ2) is 8.49. The molecule has 3 rings (SSSR count). The van der Waals surface area contributed by atoms with E-state index in [1.807, 2.05) is 64.9 Å². The van der Waals surface area contributed by atoms with Gasteiger partial charge in [0.15, 0.2) is 0 Å². The topological polar surface area (TPSA) is 29.5 Å². The number of thiophene rings is 1. The summed E-state index contributed by atoms with van der Waals surface area (Å²) in [7, 11) is 1.64. The molecule has 2 aromatic carbocycles. The van der Waals surface area contributed by atoms with Crippen LogP contribution in [0.25, 0.3) is 0 Å². The summed E-state index contributed by atoms with van der Waals surface area (Å²) in [6, 6.07) is 19.8. The monoisotopic (exact) mass is 351 g/mol. The molecular formula is C21H21NO2S. The van der Waals surface area contributed by atoms with Crippen LogP contribution < -0.4 is 9.64 Å². The molecule has 1 aromatic heterocycles. The molecule has 0 N–H and O–H groups in total. The molecule has 0 atom stereocenters. The molecule has 0 fully saturated rings. The number of aryl methyl sites for hydroxylation is 1. The third-order valence-electron chi connectivity index (χ3n) is 4.08. The normalized spacial score (nSPS) is 10.4. The van der Waals surface area contributed by atoms with Crippen LogP contribution in [0.5, 0.6) is 5.75 Å². The summed E-state index contributed by atoms with van der Waals surface area (Å²) in [6.45, 7) is 0.565. The van der Waals surface area contributed by atoms with Gasteiger partial charge in [-0.25, -0.2) is 0 Å². The molecule has 128 valence electrons. The molecule has 0 radical (unpaired) electrons. The number of rotatable bonds is 7. The highest BCUT2D eigenvalue weighted by Gasteiger charge is 2.16. The van der Waals surface area contributed by atoms with Crippen molar-refractivity contribution in [1.82, 2.24) is 0 Å². The predicted octanol–water partition coefficient (Wildman–Crippen LogP) is 4.92. The van der Waals surface area contributed by atoms with E-state index < -0.39 is 0 Å². The van der Waals surface area contributed by atoms with Gasteiger partial charge < -0.3 is 9.64 Å². The van der Waals surface area contributed by atoms with Gasteiger partial charge >= 0.3 is 0 Å². The van der Waals surface area contributed by atoms with Crippen molar-refractivity contribution in [2.75, 3.05) is 12.0 Å². The minimum absolute atomic E-state index is 0.125. The fraction of sp³-hybridized carbons (Fsp3) is 0.190. The predicted molar refractivity (Wildman–Crippen MR) is 103 cm³/mol. The third kappa shape index (κ3) is 4.70. The molecule has 0 saturated carbocycles. The Morgan fingerprint density at radius 2 is 1.76 bits per heavy atom. The van der Waals surface area contributed by atoms with Gasteiger partial charge in [-0.1, -0.05) is 30.3 Å². The van der Waals surface area contributed by atoms with Crippen molar-refractivity contribution in [3.05, 3.63) is 82.6 Å². The highest BCUT2D eigenvalue weighted by Crippen LogP contribution is 2.22. The van der Waals surface area contributed by atoms with E-state index in [1.165, 1.54) is 5.56 Å². The van der Waals surface area contributed by atoms with E-state index in [0.29, 0.717) is 13.0 Å². The number of hydrogen-bond donors (Lipinski definition) is 0. The number of hydrogen-bond acceptors (Lipinski definition) is 3. The average Bonchev–Trinajstić information content (AvgIpc) is 3.19. The van der Waals surface area contributed by atoms with Crippen LogP contribution >= 0.6 is 11.3 Å². The number of carbonyl (C=O) groups excluding carboxylic acids is 1. The molecule has 0 bridgehead atoms. The maximum Gasteiger partial charge on any atom is 0.227 e. The maximum absolute atomic E-state index is 12.9. The summed E-state index contributed by atoms with van der Waals surface area (Å²) in [5.74, 6) is 0.911. The summed E-state index contributed by atoms with van der Waals surface area (Å²) in [5, 5.41) is 4.15. The molecule has 25 heavy (non-hydrogen) atoms. The molecule has 4 heteroatoms. The van der Waals surface area contributed by atoms with E-state index in [0.717, 1.165) is 23.4 Å². The number of amides is 1. The summed E-state index contributed by atoms with van der Waals surface area (Å²) < 4.78 is 5.22. The van der Waals surface area contributed by atoms with Gasteiger partial charge in [0.05, 0.1) is 13.7 Å². The lowest BCUT2D eigenvalue weighted by molar-refractivity contribution is -0.118. The van der Waals surface area contributed by atoms with Crippen molar-refractivity contribution in [2.24, 2.45) is 0 Å². The fourth-order valence-corrected chi connectivity index (χ4v) is 3.38. The first-order valence-electron chi connectivity index (χ1n) is 8.25. The molecule has 0 aliphatic rings. The van der Waals surface area contributed by atoms with Crippen molar-refractivity contribution in [3.63, 3.8) is 0 Å². The molecule has 3 aromatic rings. The van der Waals surface area contributed by atoms with Crippen molar-refractivity contribution in [3.8, 4) is 5.75 Å². The van der Waals surface area contributed by atoms with Crippen molar-refractivity contribution >= 4 is 22.9 Å². The van der Waals surface area contributed by atoms with Gasteiger partial charge in [0.2, 0.25) is 5.91 Å². The smallest absolute Gasteiger partial charge is 0.227 e. The Kier molecular flexibility index (Phi) is 5.86. The van der Waals surface area contributed by atoms with Crippen LogP contribution in [-0.4, -0.2) is 13.0 Å². The van der Waals surface area contributed by atoms with Gasteiger partial charge in [0.25, 0.3) is 0 Å². The first-order valence-corrected chi connectivity index (χ1v) is 9.20. The SMILES string of the molecule is COc1ccc(N(Cc2ccccc2)C(=O)CCc2ccsc2)cc1. The highest BCUT2D eigenvalue weighted by atomic mass is 32.1. The van der Waals surface area contributed by atoms with Crippen molar-refractivity contribution < 1.29 is 9.53 Å². The summed E-state index contributed by atoms with van der Waals surface area (Å²) >= 11 is 1.66. The zero-order valence-electron chi connectivity index (χ0n) is 14.2. The molecule has 0 aliphatic carbocycles. The van der Waals surface area contributed by atoms with Crippen LogP contribution in [0.1, 0.15) is 17.5 Å². The molecule has 0 saturated heterocycles. The molecule has 1 heterocycles. The minimum atomic E-state index is 0.125. The van der Waals surface area contributed by atoms with Gasteiger partial charge in [-0.3, -0.25) is 4.79 Å². The molecule has 0 unspecified atom stereocenters. The fourth-order valence-electron chi connectivity index (χ4n) is 2.67. The van der Waals surface area contributed by atoms with E-state index in [-0.39, 0.29) is 5.91 Å². The van der Waals surface area contributed by atoms with Gasteiger partial charge in [0.1, 0.15) is 5.75 Å². The lowest BCUT2D eigenvalue weighted by atomic mass is 10.1. The van der Waals surface area contributed by atoms with Gasteiger partial charge in [-0.2, -0.15) is 11.3 Å². The van der Waals surface area contributed by atoms with Crippen LogP contribution in [0.2, 0.25) is 0 Å². The lowest BCUT2D eigenvalue weighted by Gasteiger charge is -2.23. The third-order valence-corrected chi connectivity index (χ3v) is 4.81. The Balaban J connectivity index is 1.78. The van der Waals surface area contributed by atoms with E-state index in [4.69, 9.17) is 4.74 Å². The Morgan fingerprint density at radius 1 is 1.00 bits per heavy atom. The van der Waals surface area contributed by atoms with E-state index in [2.05, 4.69) is 11.4 Å². The second-order valence-electron chi connectivity index (χ2n) is 5.80. The molecule has 3 nitrogen and oxygen atoms in total. The van der Waals surface area contributed by atoms with Crippen LogP contribution in [0.15, 0.2) is 71.4 Å². The Morgan fingerprint density at radius 3 is 2.40 bits per heavy atom. The lowest BCUT2D eigenvalue weighted by Crippen LogP contribution is -2.30. The number of methoxy groups -OCH3 is 1. The molecule has 0 spiro atoms.